The lowest BCUT2D eigenvalue weighted by Gasteiger charge is -2.17. The van der Waals surface area contributed by atoms with Crippen LogP contribution in [0.4, 0.5) is 0 Å². The van der Waals surface area contributed by atoms with E-state index >= 15 is 0 Å². The zero-order valence-corrected chi connectivity index (χ0v) is 11.7. The van der Waals surface area contributed by atoms with Crippen LogP contribution in [0.1, 0.15) is 24.9 Å². The largest absolute Gasteiger partial charge is 0.496 e. The Morgan fingerprint density at radius 2 is 2.17 bits per heavy atom. The Labute approximate surface area is 113 Å². The molecule has 1 amide bonds. The number of carboxylic acid groups (broad SMARTS) is 1. The minimum atomic E-state index is -0.972. The molecule has 0 radical (unpaired) electrons. The third kappa shape index (κ3) is 4.03. The molecule has 1 atom stereocenters. The van der Waals surface area contributed by atoms with Crippen LogP contribution in [0.15, 0.2) is 22.7 Å². The van der Waals surface area contributed by atoms with Crippen LogP contribution in [0.3, 0.4) is 0 Å². The molecule has 18 heavy (non-hydrogen) atoms. The van der Waals surface area contributed by atoms with Crippen LogP contribution in [-0.4, -0.2) is 24.1 Å². The second kappa shape index (κ2) is 6.39. The summed E-state index contributed by atoms with van der Waals surface area (Å²) in [4.78, 5) is 21.9. The minimum absolute atomic E-state index is 0.168. The number of ether oxygens (including phenoxy) is 1. The quantitative estimate of drug-likeness (QED) is 0.872. The van der Waals surface area contributed by atoms with Gasteiger partial charge in [-0.05, 0) is 33.6 Å². The lowest BCUT2D eigenvalue weighted by Crippen LogP contribution is -2.28. The van der Waals surface area contributed by atoms with Gasteiger partial charge in [-0.15, -0.1) is 0 Å². The molecular weight excluding hydrogens is 302 g/mol. The van der Waals surface area contributed by atoms with E-state index < -0.39 is 12.0 Å². The summed E-state index contributed by atoms with van der Waals surface area (Å²) in [5.41, 5.74) is 0.709. The van der Waals surface area contributed by atoms with Crippen molar-refractivity contribution in [3.05, 3.63) is 28.2 Å². The lowest BCUT2D eigenvalue weighted by molar-refractivity contribution is -0.137. The van der Waals surface area contributed by atoms with E-state index in [0.29, 0.717) is 15.8 Å². The molecule has 1 rings (SSSR count). The van der Waals surface area contributed by atoms with Crippen LogP contribution in [-0.2, 0) is 9.59 Å². The van der Waals surface area contributed by atoms with Gasteiger partial charge in [-0.25, -0.2) is 0 Å². The minimum Gasteiger partial charge on any atom is -0.496 e. The summed E-state index contributed by atoms with van der Waals surface area (Å²) in [7, 11) is 1.54. The molecule has 0 saturated carbocycles. The Morgan fingerprint density at radius 3 is 2.61 bits per heavy atom. The van der Waals surface area contributed by atoms with Crippen LogP contribution in [0.5, 0.6) is 5.75 Å². The van der Waals surface area contributed by atoms with Gasteiger partial charge in [0.25, 0.3) is 0 Å². The Kier molecular flexibility index (Phi) is 5.15. The van der Waals surface area contributed by atoms with Gasteiger partial charge in [0.05, 0.1) is 24.0 Å². The third-order valence-corrected chi connectivity index (χ3v) is 2.95. The average molecular weight is 316 g/mol. The summed E-state index contributed by atoms with van der Waals surface area (Å²) in [5, 5.41) is 11.5. The van der Waals surface area contributed by atoms with Crippen LogP contribution < -0.4 is 10.1 Å². The summed E-state index contributed by atoms with van der Waals surface area (Å²) >= 11 is 3.32. The van der Waals surface area contributed by atoms with E-state index in [1.54, 1.807) is 25.3 Å². The SMILES string of the molecule is COc1ccc(C(CC(=O)O)NC(C)=O)cc1Br. The summed E-state index contributed by atoms with van der Waals surface area (Å²) in [6.45, 7) is 1.35. The number of carbonyl (C=O) groups is 2. The highest BCUT2D eigenvalue weighted by molar-refractivity contribution is 9.10. The molecule has 1 aromatic rings. The molecule has 6 heteroatoms. The van der Waals surface area contributed by atoms with Gasteiger partial charge in [-0.3, -0.25) is 9.59 Å². The van der Waals surface area contributed by atoms with Gasteiger partial charge in [0.2, 0.25) is 5.91 Å². The molecule has 1 unspecified atom stereocenters. The molecule has 0 saturated heterocycles. The topological polar surface area (TPSA) is 75.6 Å². The van der Waals surface area contributed by atoms with Gasteiger partial charge < -0.3 is 15.2 Å². The number of methoxy groups -OCH3 is 1. The molecule has 0 aliphatic carbocycles. The molecular formula is C12H14BrNO4. The van der Waals surface area contributed by atoms with Crippen LogP contribution in [0, 0.1) is 0 Å². The van der Waals surface area contributed by atoms with E-state index in [9.17, 15) is 9.59 Å². The molecule has 0 aliphatic rings. The van der Waals surface area contributed by atoms with Crippen molar-refractivity contribution in [1.82, 2.24) is 5.32 Å². The highest BCUT2D eigenvalue weighted by atomic mass is 79.9. The summed E-state index contributed by atoms with van der Waals surface area (Å²) < 4.78 is 5.80. The van der Waals surface area contributed by atoms with Crippen molar-refractivity contribution >= 4 is 27.8 Å². The number of carboxylic acids is 1. The number of carbonyl (C=O) groups excluding carboxylic acids is 1. The number of nitrogens with one attached hydrogen (secondary N) is 1. The highest BCUT2D eigenvalue weighted by Crippen LogP contribution is 2.29. The Morgan fingerprint density at radius 1 is 1.50 bits per heavy atom. The normalized spacial score (nSPS) is 11.7. The maximum Gasteiger partial charge on any atom is 0.305 e. The van der Waals surface area contributed by atoms with Crippen LogP contribution in [0.2, 0.25) is 0 Å². The Hall–Kier alpha value is -1.56. The van der Waals surface area contributed by atoms with Crippen molar-refractivity contribution in [2.45, 2.75) is 19.4 Å². The van der Waals surface area contributed by atoms with Gasteiger partial charge in [-0.2, -0.15) is 0 Å². The van der Waals surface area contributed by atoms with Gasteiger partial charge >= 0.3 is 5.97 Å². The molecule has 0 heterocycles. The number of benzene rings is 1. The molecule has 2 N–H and O–H groups in total. The second-order valence-corrected chi connectivity index (χ2v) is 4.60. The van der Waals surface area contributed by atoms with Crippen LogP contribution >= 0.6 is 15.9 Å². The molecule has 5 nitrogen and oxygen atoms in total. The van der Waals surface area contributed by atoms with Crippen molar-refractivity contribution in [2.24, 2.45) is 0 Å². The molecule has 0 aliphatic heterocycles. The first-order chi connectivity index (χ1) is 8.43. The van der Waals surface area contributed by atoms with Crippen molar-refractivity contribution in [3.8, 4) is 5.75 Å². The number of hydrogen-bond acceptors (Lipinski definition) is 3. The van der Waals surface area contributed by atoms with E-state index in [0.717, 1.165) is 0 Å². The van der Waals surface area contributed by atoms with Gasteiger partial charge in [-0.1, -0.05) is 6.07 Å². The number of aliphatic carboxylic acids is 1. The summed E-state index contributed by atoms with van der Waals surface area (Å²) in [6.07, 6.45) is -0.168. The van der Waals surface area contributed by atoms with E-state index in [-0.39, 0.29) is 12.3 Å². The van der Waals surface area contributed by atoms with E-state index in [1.165, 1.54) is 6.92 Å². The smallest absolute Gasteiger partial charge is 0.305 e. The van der Waals surface area contributed by atoms with Crippen molar-refractivity contribution in [1.29, 1.82) is 0 Å². The molecule has 1 aromatic carbocycles. The second-order valence-electron chi connectivity index (χ2n) is 3.74. The Bertz CT molecular complexity index is 445. The fourth-order valence-electron chi connectivity index (χ4n) is 1.57. The standard InChI is InChI=1S/C12H14BrNO4/c1-7(15)14-10(6-12(16)17)8-3-4-11(18-2)9(13)5-8/h3-5,10H,6H2,1-2H3,(H,14,15)(H,16,17). The lowest BCUT2D eigenvalue weighted by atomic mass is 10.0. The zero-order chi connectivity index (χ0) is 13.7. The van der Waals surface area contributed by atoms with Gasteiger partial charge in [0.1, 0.15) is 5.75 Å². The van der Waals surface area contributed by atoms with Gasteiger partial charge in [0.15, 0.2) is 0 Å². The van der Waals surface area contributed by atoms with E-state index in [2.05, 4.69) is 21.2 Å². The number of hydrogen-bond donors (Lipinski definition) is 2. The maximum atomic E-state index is 11.1. The molecule has 0 spiro atoms. The number of halogens is 1. The molecule has 0 aromatic heterocycles. The van der Waals surface area contributed by atoms with Crippen LogP contribution in [0.25, 0.3) is 0 Å². The highest BCUT2D eigenvalue weighted by Gasteiger charge is 2.17. The monoisotopic (exact) mass is 315 g/mol. The predicted octanol–water partition coefficient (Wildman–Crippen LogP) is 2.11. The third-order valence-electron chi connectivity index (χ3n) is 2.33. The first-order valence-electron chi connectivity index (χ1n) is 5.26. The molecule has 98 valence electrons. The Balaban J connectivity index is 3.00. The van der Waals surface area contributed by atoms with Crippen molar-refractivity contribution < 1.29 is 19.4 Å². The van der Waals surface area contributed by atoms with E-state index in [1.807, 2.05) is 0 Å². The average Bonchev–Trinajstić information content (AvgIpc) is 2.26. The maximum absolute atomic E-state index is 11.1. The van der Waals surface area contributed by atoms with Crippen molar-refractivity contribution in [2.75, 3.05) is 7.11 Å². The molecule has 0 fully saturated rings. The summed E-state index contributed by atoms with van der Waals surface area (Å²) in [5.74, 6) is -0.593. The number of rotatable bonds is 5. The fraction of sp³-hybridized carbons (Fsp3) is 0.333. The molecule has 0 bridgehead atoms. The van der Waals surface area contributed by atoms with E-state index in [4.69, 9.17) is 9.84 Å². The number of amides is 1. The zero-order valence-electron chi connectivity index (χ0n) is 10.1. The first kappa shape index (κ1) is 14.5. The predicted molar refractivity (Wildman–Crippen MR) is 69.5 cm³/mol. The van der Waals surface area contributed by atoms with Gasteiger partial charge in [0, 0.05) is 6.92 Å². The van der Waals surface area contributed by atoms with Crippen molar-refractivity contribution in [3.63, 3.8) is 0 Å². The first-order valence-corrected chi connectivity index (χ1v) is 6.05. The fourth-order valence-corrected chi connectivity index (χ4v) is 2.13. The summed E-state index contributed by atoms with van der Waals surface area (Å²) in [6, 6.07) is 4.63.